The van der Waals surface area contributed by atoms with Crippen LogP contribution in [0.25, 0.3) is 11.5 Å². The van der Waals surface area contributed by atoms with Crippen molar-refractivity contribution in [1.82, 2.24) is 15.1 Å². The van der Waals surface area contributed by atoms with Crippen LogP contribution in [0, 0.1) is 11.3 Å². The molecule has 4 rings (SSSR count). The zero-order valence-corrected chi connectivity index (χ0v) is 13.8. The largest absolute Gasteiger partial charge is 0.472 e. The molecule has 0 atom stereocenters. The predicted octanol–water partition coefficient (Wildman–Crippen LogP) is 3.58. The monoisotopic (exact) mass is 334 g/mol. The standard InChI is InChI=1S/C19H18N4O2/c20-11-15-3-1-2-4-16(15)12-23-8-5-14(6-9-23)18-21-22-19(25-18)17-7-10-24-13-17/h1-4,7,10,13-14H,5-6,8-9,12H2. The van der Waals surface area contributed by atoms with Crippen molar-refractivity contribution in [3.8, 4) is 17.5 Å². The summed E-state index contributed by atoms with van der Waals surface area (Å²) in [6.45, 7) is 2.71. The lowest BCUT2D eigenvalue weighted by Gasteiger charge is -2.30. The first-order chi connectivity index (χ1) is 12.3. The highest BCUT2D eigenvalue weighted by atomic mass is 16.4. The summed E-state index contributed by atoms with van der Waals surface area (Å²) in [5.74, 6) is 1.50. The molecule has 1 fully saturated rings. The van der Waals surface area contributed by atoms with Gasteiger partial charge in [-0.15, -0.1) is 10.2 Å². The fourth-order valence-corrected chi connectivity index (χ4v) is 3.25. The predicted molar refractivity (Wildman–Crippen MR) is 90.4 cm³/mol. The molecule has 6 nitrogen and oxygen atoms in total. The van der Waals surface area contributed by atoms with Crippen LogP contribution in [0.3, 0.4) is 0 Å². The molecule has 0 amide bonds. The molecular formula is C19H18N4O2. The summed E-state index contributed by atoms with van der Waals surface area (Å²) in [6.07, 6.45) is 5.15. The minimum Gasteiger partial charge on any atom is -0.472 e. The molecule has 1 aliphatic heterocycles. The van der Waals surface area contributed by atoms with Gasteiger partial charge in [0.1, 0.15) is 6.26 Å². The van der Waals surface area contributed by atoms with Gasteiger partial charge in [-0.1, -0.05) is 18.2 Å². The van der Waals surface area contributed by atoms with E-state index in [1.165, 1.54) is 0 Å². The lowest BCUT2D eigenvalue weighted by Crippen LogP contribution is -2.32. The first kappa shape index (κ1) is 15.6. The Hall–Kier alpha value is -2.91. The van der Waals surface area contributed by atoms with E-state index < -0.39 is 0 Å². The lowest BCUT2D eigenvalue weighted by atomic mass is 9.96. The Morgan fingerprint density at radius 2 is 2.00 bits per heavy atom. The van der Waals surface area contributed by atoms with Gasteiger partial charge in [0.2, 0.25) is 5.89 Å². The third kappa shape index (κ3) is 3.32. The van der Waals surface area contributed by atoms with Crippen molar-refractivity contribution in [2.75, 3.05) is 13.1 Å². The maximum absolute atomic E-state index is 9.22. The summed E-state index contributed by atoms with van der Waals surface area (Å²) in [7, 11) is 0. The summed E-state index contributed by atoms with van der Waals surface area (Å²) in [5.41, 5.74) is 2.65. The molecule has 1 saturated heterocycles. The highest BCUT2D eigenvalue weighted by molar-refractivity contribution is 5.49. The van der Waals surface area contributed by atoms with Crippen molar-refractivity contribution in [2.24, 2.45) is 0 Å². The van der Waals surface area contributed by atoms with E-state index in [-0.39, 0.29) is 5.92 Å². The fraction of sp³-hybridized carbons (Fsp3) is 0.316. The number of benzene rings is 1. The van der Waals surface area contributed by atoms with Crippen molar-refractivity contribution in [3.63, 3.8) is 0 Å². The van der Waals surface area contributed by atoms with E-state index in [9.17, 15) is 5.26 Å². The Balaban J connectivity index is 1.38. The number of likely N-dealkylation sites (tertiary alicyclic amines) is 1. The number of nitrogens with zero attached hydrogens (tertiary/aromatic N) is 4. The molecule has 0 aliphatic carbocycles. The summed E-state index contributed by atoms with van der Waals surface area (Å²) >= 11 is 0. The van der Waals surface area contributed by atoms with Gasteiger partial charge in [-0.25, -0.2) is 0 Å². The molecule has 25 heavy (non-hydrogen) atoms. The summed E-state index contributed by atoms with van der Waals surface area (Å²) < 4.78 is 10.9. The third-order valence-corrected chi connectivity index (χ3v) is 4.68. The zero-order chi connectivity index (χ0) is 17.1. The Bertz CT molecular complexity index is 871. The summed E-state index contributed by atoms with van der Waals surface area (Å²) in [5, 5.41) is 17.5. The molecule has 1 aromatic carbocycles. The fourth-order valence-electron chi connectivity index (χ4n) is 3.25. The van der Waals surface area contributed by atoms with E-state index in [1.54, 1.807) is 12.5 Å². The molecular weight excluding hydrogens is 316 g/mol. The minimum atomic E-state index is 0.288. The summed E-state index contributed by atoms with van der Waals surface area (Å²) in [6, 6.07) is 11.9. The maximum atomic E-state index is 9.22. The minimum absolute atomic E-state index is 0.288. The first-order valence-electron chi connectivity index (χ1n) is 8.40. The Morgan fingerprint density at radius 1 is 1.16 bits per heavy atom. The first-order valence-corrected chi connectivity index (χ1v) is 8.40. The second-order valence-electron chi connectivity index (χ2n) is 6.28. The van der Waals surface area contributed by atoms with Gasteiger partial charge in [0.05, 0.1) is 23.5 Å². The number of rotatable bonds is 4. The van der Waals surface area contributed by atoms with Gasteiger partial charge in [0.25, 0.3) is 5.89 Å². The van der Waals surface area contributed by atoms with Crippen LogP contribution in [0.1, 0.15) is 35.8 Å². The quantitative estimate of drug-likeness (QED) is 0.725. The SMILES string of the molecule is N#Cc1ccccc1CN1CCC(c2nnc(-c3ccoc3)o2)CC1. The van der Waals surface area contributed by atoms with Crippen molar-refractivity contribution >= 4 is 0 Å². The van der Waals surface area contributed by atoms with Crippen LogP contribution in [0.2, 0.25) is 0 Å². The van der Waals surface area contributed by atoms with Gasteiger partial charge >= 0.3 is 0 Å². The number of piperidine rings is 1. The van der Waals surface area contributed by atoms with Crippen molar-refractivity contribution in [1.29, 1.82) is 5.26 Å². The number of hydrogen-bond acceptors (Lipinski definition) is 6. The van der Waals surface area contributed by atoms with Crippen LogP contribution < -0.4 is 0 Å². The van der Waals surface area contributed by atoms with Gasteiger partial charge in [-0.3, -0.25) is 4.90 Å². The van der Waals surface area contributed by atoms with Crippen LogP contribution in [-0.4, -0.2) is 28.2 Å². The third-order valence-electron chi connectivity index (χ3n) is 4.68. The highest BCUT2D eigenvalue weighted by Gasteiger charge is 2.25. The Labute approximate surface area is 145 Å². The number of nitriles is 1. The van der Waals surface area contributed by atoms with Crippen molar-refractivity contribution in [2.45, 2.75) is 25.3 Å². The van der Waals surface area contributed by atoms with E-state index in [1.807, 2.05) is 30.3 Å². The van der Waals surface area contributed by atoms with Gasteiger partial charge < -0.3 is 8.83 Å². The molecule has 0 bridgehead atoms. The normalized spacial score (nSPS) is 16.0. The van der Waals surface area contributed by atoms with Crippen molar-refractivity contribution in [3.05, 3.63) is 59.9 Å². The molecule has 2 aromatic heterocycles. The van der Waals surface area contributed by atoms with E-state index >= 15 is 0 Å². The highest BCUT2D eigenvalue weighted by Crippen LogP contribution is 2.30. The summed E-state index contributed by atoms with van der Waals surface area (Å²) in [4.78, 5) is 2.38. The number of aromatic nitrogens is 2. The van der Waals surface area contributed by atoms with Gasteiger partial charge in [0, 0.05) is 12.5 Å². The van der Waals surface area contributed by atoms with E-state index in [4.69, 9.17) is 8.83 Å². The maximum Gasteiger partial charge on any atom is 0.250 e. The molecule has 1 aliphatic rings. The Morgan fingerprint density at radius 3 is 2.76 bits per heavy atom. The van der Waals surface area contributed by atoms with E-state index in [2.05, 4.69) is 21.2 Å². The van der Waals surface area contributed by atoms with Crippen LogP contribution in [-0.2, 0) is 6.54 Å². The van der Waals surface area contributed by atoms with Crippen LogP contribution in [0.4, 0.5) is 0 Å². The van der Waals surface area contributed by atoms with Crippen LogP contribution >= 0.6 is 0 Å². The molecule has 3 heterocycles. The van der Waals surface area contributed by atoms with Crippen LogP contribution in [0.5, 0.6) is 0 Å². The molecule has 0 saturated carbocycles. The average molecular weight is 334 g/mol. The van der Waals surface area contributed by atoms with Gasteiger partial charge in [0.15, 0.2) is 0 Å². The zero-order valence-electron chi connectivity index (χ0n) is 13.8. The molecule has 0 unspecified atom stereocenters. The Kier molecular flexibility index (Phi) is 4.32. The smallest absolute Gasteiger partial charge is 0.250 e. The number of hydrogen-bond donors (Lipinski definition) is 0. The second kappa shape index (κ2) is 6.91. The molecule has 6 heteroatoms. The van der Waals surface area contributed by atoms with Crippen molar-refractivity contribution < 1.29 is 8.83 Å². The average Bonchev–Trinajstić information content (AvgIpc) is 3.34. The molecule has 3 aromatic rings. The van der Waals surface area contributed by atoms with Crippen LogP contribution in [0.15, 0.2) is 51.7 Å². The number of furan rings is 1. The van der Waals surface area contributed by atoms with Gasteiger partial charge in [-0.2, -0.15) is 5.26 Å². The van der Waals surface area contributed by atoms with E-state index in [0.29, 0.717) is 11.8 Å². The molecule has 0 N–H and O–H groups in total. The lowest BCUT2D eigenvalue weighted by molar-refractivity contribution is 0.193. The second-order valence-corrected chi connectivity index (χ2v) is 6.28. The van der Waals surface area contributed by atoms with E-state index in [0.717, 1.165) is 49.2 Å². The van der Waals surface area contributed by atoms with Gasteiger partial charge in [-0.05, 0) is 43.6 Å². The molecule has 0 radical (unpaired) electrons. The topological polar surface area (TPSA) is 79.1 Å². The molecule has 126 valence electrons. The molecule has 0 spiro atoms.